The maximum atomic E-state index is 12.8. The summed E-state index contributed by atoms with van der Waals surface area (Å²) in [6.07, 6.45) is 6.49. The van der Waals surface area contributed by atoms with Gasteiger partial charge in [-0.1, -0.05) is 31.9 Å². The Balaban J connectivity index is 0.00000288. The Hall–Kier alpha value is -1.10. The number of aryl methyl sites for hydroxylation is 1. The van der Waals surface area contributed by atoms with Crippen LogP contribution < -0.4 is 10.6 Å². The molecule has 24 heavy (non-hydrogen) atoms. The molecule has 1 aliphatic rings. The summed E-state index contributed by atoms with van der Waals surface area (Å²) in [4.78, 5) is 12.8. The molecule has 1 amide bonds. The number of carbonyl (C=O) groups is 1. The molecule has 0 aromatic heterocycles. The standard InChI is InChI=1S/C19H30N2O2.ClH/c1-3-4-5-6-16-7-9-17(10-8-16)21-18(22)19(15-23-2)11-13-20-14-12-19;/h7-10,20H,3-6,11-15H2,1-2H3,(H,21,22);1H. The summed E-state index contributed by atoms with van der Waals surface area (Å²) >= 11 is 0. The van der Waals surface area contributed by atoms with Crippen LogP contribution in [0.4, 0.5) is 5.69 Å². The third-order valence-corrected chi connectivity index (χ3v) is 4.74. The minimum atomic E-state index is -0.403. The number of nitrogens with one attached hydrogen (secondary N) is 2. The Morgan fingerprint density at radius 3 is 2.46 bits per heavy atom. The minimum Gasteiger partial charge on any atom is -0.384 e. The van der Waals surface area contributed by atoms with Crippen molar-refractivity contribution < 1.29 is 9.53 Å². The van der Waals surface area contributed by atoms with E-state index in [1.807, 2.05) is 12.1 Å². The molecule has 1 aliphatic heterocycles. The van der Waals surface area contributed by atoms with Gasteiger partial charge in [-0.2, -0.15) is 0 Å². The summed E-state index contributed by atoms with van der Waals surface area (Å²) < 4.78 is 5.33. The molecule has 1 fully saturated rings. The maximum Gasteiger partial charge on any atom is 0.233 e. The molecule has 1 aromatic rings. The monoisotopic (exact) mass is 354 g/mol. The first kappa shape index (κ1) is 20.9. The number of rotatable bonds is 8. The number of anilines is 1. The Labute approximate surface area is 152 Å². The molecule has 0 atom stereocenters. The second-order valence-corrected chi connectivity index (χ2v) is 6.57. The summed E-state index contributed by atoms with van der Waals surface area (Å²) in [6.45, 7) is 4.44. The van der Waals surface area contributed by atoms with E-state index in [0.29, 0.717) is 6.61 Å². The number of halogens is 1. The fourth-order valence-electron chi connectivity index (χ4n) is 3.22. The van der Waals surface area contributed by atoms with Gasteiger partial charge in [0.2, 0.25) is 5.91 Å². The molecule has 0 spiro atoms. The van der Waals surface area contributed by atoms with Gasteiger partial charge in [-0.05, 0) is 56.5 Å². The zero-order chi connectivity index (χ0) is 16.5. The lowest BCUT2D eigenvalue weighted by molar-refractivity contribution is -0.130. The minimum absolute atomic E-state index is 0. The second-order valence-electron chi connectivity index (χ2n) is 6.57. The van der Waals surface area contributed by atoms with Crippen LogP contribution in [-0.2, 0) is 16.0 Å². The van der Waals surface area contributed by atoms with Crippen molar-refractivity contribution in [3.8, 4) is 0 Å². The van der Waals surface area contributed by atoms with Crippen LogP contribution in [-0.4, -0.2) is 32.7 Å². The zero-order valence-electron chi connectivity index (χ0n) is 14.9. The number of benzene rings is 1. The van der Waals surface area contributed by atoms with Crippen LogP contribution in [0.5, 0.6) is 0 Å². The zero-order valence-corrected chi connectivity index (χ0v) is 15.7. The van der Waals surface area contributed by atoms with E-state index in [1.165, 1.54) is 24.8 Å². The van der Waals surface area contributed by atoms with E-state index in [2.05, 4.69) is 29.7 Å². The first-order chi connectivity index (χ1) is 11.2. The van der Waals surface area contributed by atoms with E-state index in [-0.39, 0.29) is 18.3 Å². The van der Waals surface area contributed by atoms with Crippen molar-refractivity contribution in [2.45, 2.75) is 45.4 Å². The van der Waals surface area contributed by atoms with Gasteiger partial charge < -0.3 is 15.4 Å². The first-order valence-electron chi connectivity index (χ1n) is 8.80. The highest BCUT2D eigenvalue weighted by Crippen LogP contribution is 2.31. The number of carbonyl (C=O) groups excluding carboxylic acids is 1. The second kappa shape index (κ2) is 10.7. The van der Waals surface area contributed by atoms with Crippen LogP contribution in [0.3, 0.4) is 0 Å². The normalized spacial score (nSPS) is 16.2. The van der Waals surface area contributed by atoms with Gasteiger partial charge >= 0.3 is 0 Å². The highest BCUT2D eigenvalue weighted by atomic mass is 35.5. The molecule has 5 heteroatoms. The quantitative estimate of drug-likeness (QED) is 0.698. The lowest BCUT2D eigenvalue weighted by Crippen LogP contribution is -2.47. The molecule has 0 saturated carbocycles. The number of hydrogen-bond acceptors (Lipinski definition) is 3. The first-order valence-corrected chi connectivity index (χ1v) is 8.80. The summed E-state index contributed by atoms with van der Waals surface area (Å²) in [6, 6.07) is 8.27. The molecular formula is C19H31ClN2O2. The van der Waals surface area contributed by atoms with E-state index >= 15 is 0 Å². The lowest BCUT2D eigenvalue weighted by atomic mass is 9.78. The van der Waals surface area contributed by atoms with Gasteiger partial charge in [-0.25, -0.2) is 0 Å². The van der Waals surface area contributed by atoms with E-state index in [9.17, 15) is 4.79 Å². The highest BCUT2D eigenvalue weighted by Gasteiger charge is 2.39. The van der Waals surface area contributed by atoms with Crippen molar-refractivity contribution in [3.63, 3.8) is 0 Å². The van der Waals surface area contributed by atoms with Crippen molar-refractivity contribution in [1.82, 2.24) is 5.32 Å². The largest absolute Gasteiger partial charge is 0.384 e. The van der Waals surface area contributed by atoms with Gasteiger partial charge in [0, 0.05) is 12.8 Å². The Kier molecular flexibility index (Phi) is 9.34. The predicted octanol–water partition coefficient (Wildman–Crippen LogP) is 3.80. The van der Waals surface area contributed by atoms with Gasteiger partial charge in [-0.3, -0.25) is 4.79 Å². The number of methoxy groups -OCH3 is 1. The topological polar surface area (TPSA) is 50.4 Å². The fourth-order valence-corrected chi connectivity index (χ4v) is 3.22. The van der Waals surface area contributed by atoms with E-state index < -0.39 is 5.41 Å². The summed E-state index contributed by atoms with van der Waals surface area (Å²) in [5.41, 5.74) is 1.81. The Bertz CT molecular complexity index is 479. The number of piperidine rings is 1. The molecule has 0 unspecified atom stereocenters. The van der Waals surface area contributed by atoms with E-state index in [1.54, 1.807) is 7.11 Å². The molecule has 2 rings (SSSR count). The van der Waals surface area contributed by atoms with Crippen LogP contribution in [0.15, 0.2) is 24.3 Å². The Morgan fingerprint density at radius 2 is 1.88 bits per heavy atom. The Morgan fingerprint density at radius 1 is 1.21 bits per heavy atom. The summed E-state index contributed by atoms with van der Waals surface area (Å²) in [5, 5.41) is 6.40. The van der Waals surface area contributed by atoms with Gasteiger partial charge in [0.15, 0.2) is 0 Å². The molecule has 1 heterocycles. The number of ether oxygens (including phenoxy) is 1. The highest BCUT2D eigenvalue weighted by molar-refractivity contribution is 5.95. The molecule has 0 bridgehead atoms. The molecule has 4 nitrogen and oxygen atoms in total. The predicted molar refractivity (Wildman–Crippen MR) is 102 cm³/mol. The van der Waals surface area contributed by atoms with Crippen LogP contribution >= 0.6 is 12.4 Å². The van der Waals surface area contributed by atoms with Crippen LogP contribution in [0.2, 0.25) is 0 Å². The van der Waals surface area contributed by atoms with E-state index in [0.717, 1.165) is 38.0 Å². The third kappa shape index (κ3) is 5.76. The van der Waals surface area contributed by atoms with Crippen molar-refractivity contribution in [2.24, 2.45) is 5.41 Å². The van der Waals surface area contributed by atoms with Crippen molar-refractivity contribution >= 4 is 24.0 Å². The average Bonchev–Trinajstić information content (AvgIpc) is 2.58. The van der Waals surface area contributed by atoms with Crippen LogP contribution in [0.25, 0.3) is 0 Å². The maximum absolute atomic E-state index is 12.8. The van der Waals surface area contributed by atoms with E-state index in [4.69, 9.17) is 4.74 Å². The van der Waals surface area contributed by atoms with Gasteiger partial charge in [0.1, 0.15) is 0 Å². The van der Waals surface area contributed by atoms with Crippen LogP contribution in [0, 0.1) is 5.41 Å². The molecule has 1 aromatic carbocycles. The SMILES string of the molecule is CCCCCc1ccc(NC(=O)C2(COC)CCNCC2)cc1.Cl. The van der Waals surface area contributed by atoms with Crippen LogP contribution in [0.1, 0.15) is 44.6 Å². The molecule has 136 valence electrons. The van der Waals surface area contributed by atoms with Gasteiger partial charge in [0.05, 0.1) is 12.0 Å². The van der Waals surface area contributed by atoms with Gasteiger partial charge in [0.25, 0.3) is 0 Å². The van der Waals surface area contributed by atoms with Crippen molar-refractivity contribution in [2.75, 3.05) is 32.1 Å². The average molecular weight is 355 g/mol. The smallest absolute Gasteiger partial charge is 0.233 e. The number of unbranched alkanes of at least 4 members (excludes halogenated alkanes) is 2. The molecule has 0 radical (unpaired) electrons. The number of hydrogen-bond donors (Lipinski definition) is 2. The molecule has 0 aliphatic carbocycles. The van der Waals surface area contributed by atoms with Gasteiger partial charge in [-0.15, -0.1) is 12.4 Å². The lowest BCUT2D eigenvalue weighted by Gasteiger charge is -2.35. The number of amides is 1. The summed E-state index contributed by atoms with van der Waals surface area (Å²) in [5.74, 6) is 0.0829. The van der Waals surface area contributed by atoms with Crippen molar-refractivity contribution in [3.05, 3.63) is 29.8 Å². The molecular weight excluding hydrogens is 324 g/mol. The molecule has 2 N–H and O–H groups in total. The van der Waals surface area contributed by atoms with Crippen molar-refractivity contribution in [1.29, 1.82) is 0 Å². The molecule has 1 saturated heterocycles. The summed E-state index contributed by atoms with van der Waals surface area (Å²) in [7, 11) is 1.67. The third-order valence-electron chi connectivity index (χ3n) is 4.74. The fraction of sp³-hybridized carbons (Fsp3) is 0.632.